The summed E-state index contributed by atoms with van der Waals surface area (Å²) in [5.41, 5.74) is 1.33. The predicted octanol–water partition coefficient (Wildman–Crippen LogP) is 5.51. The largest absolute Gasteiger partial charge is 0.493 e. The second-order valence-electron chi connectivity index (χ2n) is 6.50. The van der Waals surface area contributed by atoms with Crippen molar-refractivity contribution in [1.29, 1.82) is 0 Å². The summed E-state index contributed by atoms with van der Waals surface area (Å²) in [5.74, 6) is 2.47. The Balaban J connectivity index is 1.96. The fourth-order valence-electron chi connectivity index (χ4n) is 2.92. The van der Waals surface area contributed by atoms with Crippen molar-refractivity contribution in [2.24, 2.45) is 0 Å². The number of aromatic nitrogens is 3. The molecule has 33 heavy (non-hydrogen) atoms. The van der Waals surface area contributed by atoms with Crippen LogP contribution in [0.3, 0.4) is 0 Å². The normalized spacial score (nSPS) is 11.2. The molecule has 0 saturated heterocycles. The van der Waals surface area contributed by atoms with E-state index in [0.717, 1.165) is 17.3 Å². The number of aliphatic carboxylic acids is 1. The summed E-state index contributed by atoms with van der Waals surface area (Å²) >= 11 is 13.3. The predicted molar refractivity (Wildman–Crippen MR) is 130 cm³/mol. The van der Waals surface area contributed by atoms with Gasteiger partial charge in [-0.15, -0.1) is 16.6 Å². The molecule has 3 aromatic rings. The number of rotatable bonds is 9. The van der Waals surface area contributed by atoms with E-state index in [-0.39, 0.29) is 22.3 Å². The van der Waals surface area contributed by atoms with Gasteiger partial charge < -0.3 is 19.1 Å². The van der Waals surface area contributed by atoms with Crippen molar-refractivity contribution in [3.63, 3.8) is 0 Å². The van der Waals surface area contributed by atoms with Gasteiger partial charge in [-0.1, -0.05) is 29.1 Å². The van der Waals surface area contributed by atoms with Crippen LogP contribution >= 0.6 is 35.0 Å². The van der Waals surface area contributed by atoms with Crippen molar-refractivity contribution >= 4 is 47.0 Å². The summed E-state index contributed by atoms with van der Waals surface area (Å²) in [4.78, 5) is 12.0. The zero-order valence-electron chi connectivity index (χ0n) is 17.7. The van der Waals surface area contributed by atoms with E-state index in [2.05, 4.69) is 16.1 Å². The van der Waals surface area contributed by atoms with Crippen LogP contribution in [0.2, 0.25) is 10.0 Å². The summed E-state index contributed by atoms with van der Waals surface area (Å²) in [5, 5.41) is 19.5. The third kappa shape index (κ3) is 5.82. The number of carboxylic acids is 1. The number of halogens is 2. The number of thioether (sulfide) groups is 1. The fourth-order valence-corrected chi connectivity index (χ4v) is 4.21. The smallest absolute Gasteiger partial charge is 0.342 e. The molecule has 1 heterocycles. The van der Waals surface area contributed by atoms with Gasteiger partial charge in [0, 0.05) is 17.1 Å². The van der Waals surface area contributed by atoms with Crippen LogP contribution in [0.25, 0.3) is 17.5 Å². The van der Waals surface area contributed by atoms with E-state index < -0.39 is 5.97 Å². The van der Waals surface area contributed by atoms with Gasteiger partial charge in [0.05, 0.1) is 12.1 Å². The monoisotopic (exact) mass is 503 g/mol. The Kier molecular flexibility index (Phi) is 8.28. The molecule has 3 rings (SSSR count). The summed E-state index contributed by atoms with van der Waals surface area (Å²) in [6.07, 6.45) is 6.71. The van der Waals surface area contributed by atoms with Gasteiger partial charge in [0.1, 0.15) is 11.5 Å². The van der Waals surface area contributed by atoms with E-state index in [1.54, 1.807) is 24.3 Å². The number of terminal acetylenes is 1. The number of hydrogen-bond acceptors (Lipinski definition) is 6. The molecule has 0 radical (unpaired) electrons. The van der Waals surface area contributed by atoms with Gasteiger partial charge in [0.25, 0.3) is 0 Å². The van der Waals surface area contributed by atoms with Crippen LogP contribution in [0.4, 0.5) is 0 Å². The van der Waals surface area contributed by atoms with Gasteiger partial charge in [0.15, 0.2) is 22.5 Å². The highest BCUT2D eigenvalue weighted by Crippen LogP contribution is 2.38. The van der Waals surface area contributed by atoms with Gasteiger partial charge in [0.2, 0.25) is 0 Å². The number of ether oxygens (including phenoxy) is 2. The third-order valence-electron chi connectivity index (χ3n) is 4.40. The highest BCUT2D eigenvalue weighted by Gasteiger charge is 2.19. The molecule has 7 nitrogen and oxygen atoms in total. The van der Waals surface area contributed by atoms with Gasteiger partial charge in [-0.25, -0.2) is 4.79 Å². The summed E-state index contributed by atoms with van der Waals surface area (Å²) in [7, 11) is 1.46. The lowest BCUT2D eigenvalue weighted by Crippen LogP contribution is -2.03. The quantitative estimate of drug-likeness (QED) is 0.234. The molecule has 0 amide bonds. The minimum atomic E-state index is -1.12. The maximum atomic E-state index is 12.0. The second kappa shape index (κ2) is 11.1. The molecule has 0 bridgehead atoms. The second-order valence-corrected chi connectivity index (χ2v) is 8.35. The number of benzene rings is 2. The lowest BCUT2D eigenvalue weighted by atomic mass is 10.2. The first kappa shape index (κ1) is 24.5. The van der Waals surface area contributed by atoms with Crippen LogP contribution in [0.1, 0.15) is 12.5 Å². The first-order valence-corrected chi connectivity index (χ1v) is 11.2. The molecule has 10 heteroatoms. The van der Waals surface area contributed by atoms with E-state index >= 15 is 0 Å². The molecule has 170 valence electrons. The lowest BCUT2D eigenvalue weighted by Gasteiger charge is -2.12. The van der Waals surface area contributed by atoms with E-state index in [1.807, 2.05) is 23.6 Å². The Morgan fingerprint density at radius 2 is 2.00 bits per heavy atom. The number of carboxylic acid groups (broad SMARTS) is 1. The van der Waals surface area contributed by atoms with Crippen molar-refractivity contribution in [1.82, 2.24) is 14.8 Å². The zero-order chi connectivity index (χ0) is 24.0. The Bertz CT molecular complexity index is 1230. The van der Waals surface area contributed by atoms with Crippen LogP contribution in [-0.4, -0.2) is 39.6 Å². The molecule has 1 aromatic heterocycles. The summed E-state index contributed by atoms with van der Waals surface area (Å²) in [6, 6.07) is 10.4. The minimum Gasteiger partial charge on any atom is -0.493 e. The van der Waals surface area contributed by atoms with Crippen molar-refractivity contribution in [2.45, 2.75) is 18.6 Å². The van der Waals surface area contributed by atoms with E-state index in [4.69, 9.17) is 39.1 Å². The van der Waals surface area contributed by atoms with E-state index in [1.165, 1.54) is 13.2 Å². The van der Waals surface area contributed by atoms with Crippen LogP contribution in [0.5, 0.6) is 11.5 Å². The molecule has 0 atom stereocenters. The maximum absolute atomic E-state index is 12.0. The maximum Gasteiger partial charge on any atom is 0.342 e. The average molecular weight is 504 g/mol. The first-order chi connectivity index (χ1) is 15.9. The van der Waals surface area contributed by atoms with Crippen molar-refractivity contribution in [3.8, 4) is 35.2 Å². The molecule has 0 aliphatic rings. The van der Waals surface area contributed by atoms with Crippen molar-refractivity contribution in [3.05, 3.63) is 56.9 Å². The fraction of sp³-hybridized carbons (Fsp3) is 0.174. The zero-order valence-corrected chi connectivity index (χ0v) is 20.0. The molecule has 0 fully saturated rings. The number of hydrogen-bond donors (Lipinski definition) is 1. The molecule has 0 saturated carbocycles. The van der Waals surface area contributed by atoms with E-state index in [0.29, 0.717) is 33.9 Å². The molecule has 0 aliphatic carbocycles. The van der Waals surface area contributed by atoms with Crippen molar-refractivity contribution in [2.75, 3.05) is 13.7 Å². The Morgan fingerprint density at radius 1 is 1.27 bits per heavy atom. The number of nitrogens with zero attached hydrogens (tertiary/aromatic N) is 3. The Morgan fingerprint density at radius 3 is 2.61 bits per heavy atom. The van der Waals surface area contributed by atoms with Crippen LogP contribution in [-0.2, 0) is 11.3 Å². The van der Waals surface area contributed by atoms with Crippen molar-refractivity contribution < 1.29 is 19.4 Å². The van der Waals surface area contributed by atoms with Crippen LogP contribution in [0, 0.1) is 12.3 Å². The standard InChI is InChI=1S/C23H19Cl2N3O4S/c1-4-10-32-20-17(25)11-14(12-18(20)31-3)13-19(22(29)30)33-23-27-26-21(28(23)5-2)15-6-8-16(24)9-7-15/h1,6-9,11-13H,5,10H2,2-3H3,(H,29,30)/b19-13-. The SMILES string of the molecule is C#CCOc1c(Cl)cc(/C=C(\Sc2nnc(-c3ccc(Cl)cc3)n2CC)C(=O)O)cc1OC. The van der Waals surface area contributed by atoms with Gasteiger partial charge in [-0.05, 0) is 66.7 Å². The van der Waals surface area contributed by atoms with Gasteiger partial charge in [-0.2, -0.15) is 0 Å². The topological polar surface area (TPSA) is 86.5 Å². The molecule has 2 aromatic carbocycles. The molecular weight excluding hydrogens is 485 g/mol. The highest BCUT2D eigenvalue weighted by molar-refractivity contribution is 8.04. The van der Waals surface area contributed by atoms with Crippen LogP contribution in [0.15, 0.2) is 46.5 Å². The molecule has 0 unspecified atom stereocenters. The lowest BCUT2D eigenvalue weighted by molar-refractivity contribution is -0.131. The van der Waals surface area contributed by atoms with Gasteiger partial charge in [-0.3, -0.25) is 0 Å². The molecule has 0 aliphatic heterocycles. The average Bonchev–Trinajstić information content (AvgIpc) is 3.20. The molecule has 0 spiro atoms. The Hall–Kier alpha value is -3.12. The number of methoxy groups -OCH3 is 1. The summed E-state index contributed by atoms with van der Waals surface area (Å²) < 4.78 is 12.6. The first-order valence-electron chi connectivity index (χ1n) is 9.63. The Labute approximate surface area is 205 Å². The van der Waals surface area contributed by atoms with Crippen LogP contribution < -0.4 is 9.47 Å². The summed E-state index contributed by atoms with van der Waals surface area (Å²) in [6.45, 7) is 2.49. The molecular formula is C23H19Cl2N3O4S. The molecule has 1 N–H and O–H groups in total. The van der Waals surface area contributed by atoms with E-state index in [9.17, 15) is 9.90 Å². The van der Waals surface area contributed by atoms with Gasteiger partial charge >= 0.3 is 5.97 Å². The number of carbonyl (C=O) groups is 1. The third-order valence-corrected chi connectivity index (χ3v) is 5.93. The minimum absolute atomic E-state index is 0.0180. The highest BCUT2D eigenvalue weighted by atomic mass is 35.5.